The van der Waals surface area contributed by atoms with Crippen molar-refractivity contribution < 1.29 is 4.52 Å². The Morgan fingerprint density at radius 1 is 1.42 bits per heavy atom. The fourth-order valence-corrected chi connectivity index (χ4v) is 2.72. The first-order valence-corrected chi connectivity index (χ1v) is 7.35. The summed E-state index contributed by atoms with van der Waals surface area (Å²) < 4.78 is 5.33. The van der Waals surface area contributed by atoms with E-state index in [1.807, 2.05) is 6.92 Å². The summed E-state index contributed by atoms with van der Waals surface area (Å²) in [6.45, 7) is 8.83. The van der Waals surface area contributed by atoms with Crippen molar-refractivity contribution in [1.29, 1.82) is 0 Å². The van der Waals surface area contributed by atoms with Crippen LogP contribution in [-0.4, -0.2) is 40.2 Å². The zero-order chi connectivity index (χ0) is 13.8. The monoisotopic (exact) mass is 266 g/mol. The van der Waals surface area contributed by atoms with E-state index in [9.17, 15) is 0 Å². The van der Waals surface area contributed by atoms with E-state index in [1.165, 1.54) is 19.4 Å². The van der Waals surface area contributed by atoms with Gasteiger partial charge in [-0.2, -0.15) is 4.98 Å². The molecule has 2 N–H and O–H groups in total. The topological polar surface area (TPSA) is 68.2 Å². The average Bonchev–Trinajstić information content (AvgIpc) is 2.76. The largest absolute Gasteiger partial charge is 0.339 e. The van der Waals surface area contributed by atoms with Gasteiger partial charge in [0, 0.05) is 31.5 Å². The Bertz CT molecular complexity index is 389. The zero-order valence-electron chi connectivity index (χ0n) is 12.3. The molecule has 0 bridgehead atoms. The van der Waals surface area contributed by atoms with Crippen molar-refractivity contribution in [3.05, 3.63) is 11.7 Å². The van der Waals surface area contributed by atoms with Crippen LogP contribution in [0.3, 0.4) is 0 Å². The summed E-state index contributed by atoms with van der Waals surface area (Å²) in [7, 11) is 0. The van der Waals surface area contributed by atoms with Crippen LogP contribution >= 0.6 is 0 Å². The number of piperidine rings is 1. The smallest absolute Gasteiger partial charge is 0.226 e. The molecule has 1 saturated heterocycles. The van der Waals surface area contributed by atoms with Gasteiger partial charge in [-0.15, -0.1) is 0 Å². The van der Waals surface area contributed by atoms with Crippen molar-refractivity contribution >= 4 is 0 Å². The summed E-state index contributed by atoms with van der Waals surface area (Å²) >= 11 is 0. The third-order valence-corrected chi connectivity index (χ3v) is 3.76. The molecule has 0 aromatic carbocycles. The normalized spacial score (nSPS) is 22.9. The molecule has 19 heavy (non-hydrogen) atoms. The minimum atomic E-state index is 0.0802. The number of hydrogen-bond donors (Lipinski definition) is 1. The summed E-state index contributed by atoms with van der Waals surface area (Å²) in [6.07, 6.45) is 4.11. The Balaban J connectivity index is 1.88. The molecule has 2 unspecified atom stereocenters. The minimum Gasteiger partial charge on any atom is -0.339 e. The number of aromatic nitrogens is 2. The molecule has 1 fully saturated rings. The number of nitrogens with zero attached hydrogens (tertiary/aromatic N) is 3. The minimum absolute atomic E-state index is 0.0802. The standard InChI is InChI=1S/C14H26N4O/c1-10(2)18-6-4-5-12(9-18)8-14-16-13(17-19-14)7-11(3)15/h10-12H,4-9,15H2,1-3H3. The number of nitrogens with two attached hydrogens (primary N) is 1. The third kappa shape index (κ3) is 4.28. The van der Waals surface area contributed by atoms with Gasteiger partial charge >= 0.3 is 0 Å². The van der Waals surface area contributed by atoms with Crippen LogP contribution in [0.2, 0.25) is 0 Å². The lowest BCUT2D eigenvalue weighted by molar-refractivity contribution is 0.135. The van der Waals surface area contributed by atoms with Crippen molar-refractivity contribution in [1.82, 2.24) is 15.0 Å². The second-order valence-electron chi connectivity index (χ2n) is 6.09. The molecular formula is C14H26N4O. The van der Waals surface area contributed by atoms with Crippen molar-refractivity contribution in [2.45, 2.75) is 58.5 Å². The van der Waals surface area contributed by atoms with E-state index in [-0.39, 0.29) is 6.04 Å². The quantitative estimate of drug-likeness (QED) is 0.877. The molecule has 2 atom stereocenters. The van der Waals surface area contributed by atoms with Gasteiger partial charge in [-0.1, -0.05) is 5.16 Å². The van der Waals surface area contributed by atoms with Gasteiger partial charge in [0.05, 0.1) is 0 Å². The molecule has 5 heteroatoms. The van der Waals surface area contributed by atoms with Gasteiger partial charge in [-0.3, -0.25) is 0 Å². The van der Waals surface area contributed by atoms with Crippen LogP contribution in [0.15, 0.2) is 4.52 Å². The maximum atomic E-state index is 5.74. The van der Waals surface area contributed by atoms with Crippen LogP contribution in [0, 0.1) is 5.92 Å². The molecular weight excluding hydrogens is 240 g/mol. The zero-order valence-corrected chi connectivity index (χ0v) is 12.3. The summed E-state index contributed by atoms with van der Waals surface area (Å²) in [5.74, 6) is 2.15. The summed E-state index contributed by atoms with van der Waals surface area (Å²) in [5.41, 5.74) is 5.74. The van der Waals surface area contributed by atoms with Crippen molar-refractivity contribution in [2.24, 2.45) is 11.7 Å². The van der Waals surface area contributed by atoms with Gasteiger partial charge in [0.25, 0.3) is 0 Å². The molecule has 2 rings (SSSR count). The molecule has 5 nitrogen and oxygen atoms in total. The molecule has 0 saturated carbocycles. The molecule has 0 radical (unpaired) electrons. The van der Waals surface area contributed by atoms with Gasteiger partial charge in [0.1, 0.15) is 0 Å². The lowest BCUT2D eigenvalue weighted by atomic mass is 9.94. The van der Waals surface area contributed by atoms with Crippen LogP contribution in [0.5, 0.6) is 0 Å². The Kier molecular flexibility index (Phi) is 4.93. The number of hydrogen-bond acceptors (Lipinski definition) is 5. The second kappa shape index (κ2) is 6.48. The third-order valence-electron chi connectivity index (χ3n) is 3.76. The molecule has 2 heterocycles. The van der Waals surface area contributed by atoms with Crippen LogP contribution < -0.4 is 5.73 Å². The van der Waals surface area contributed by atoms with Gasteiger partial charge in [-0.25, -0.2) is 0 Å². The van der Waals surface area contributed by atoms with Gasteiger partial charge in [0.15, 0.2) is 5.82 Å². The highest BCUT2D eigenvalue weighted by Gasteiger charge is 2.23. The number of likely N-dealkylation sites (tertiary alicyclic amines) is 1. The first-order chi connectivity index (χ1) is 9.04. The molecule has 1 aliphatic heterocycles. The van der Waals surface area contributed by atoms with E-state index in [4.69, 9.17) is 10.3 Å². The van der Waals surface area contributed by atoms with Crippen molar-refractivity contribution in [3.8, 4) is 0 Å². The average molecular weight is 266 g/mol. The van der Waals surface area contributed by atoms with Crippen molar-refractivity contribution in [3.63, 3.8) is 0 Å². The molecule has 0 amide bonds. The summed E-state index contributed by atoms with van der Waals surface area (Å²) in [6, 6.07) is 0.704. The van der Waals surface area contributed by atoms with Crippen LogP contribution in [0.1, 0.15) is 45.3 Å². The molecule has 0 spiro atoms. The maximum Gasteiger partial charge on any atom is 0.226 e. The van der Waals surface area contributed by atoms with Gasteiger partial charge < -0.3 is 15.2 Å². The van der Waals surface area contributed by atoms with E-state index in [0.29, 0.717) is 18.4 Å². The van der Waals surface area contributed by atoms with Gasteiger partial charge in [0.2, 0.25) is 5.89 Å². The van der Waals surface area contributed by atoms with Crippen LogP contribution in [0.4, 0.5) is 0 Å². The lowest BCUT2D eigenvalue weighted by Gasteiger charge is -2.34. The van der Waals surface area contributed by atoms with Crippen LogP contribution in [0.25, 0.3) is 0 Å². The Hall–Kier alpha value is -0.940. The molecule has 108 valence electrons. The van der Waals surface area contributed by atoms with Gasteiger partial charge in [-0.05, 0) is 46.1 Å². The number of rotatable bonds is 5. The second-order valence-corrected chi connectivity index (χ2v) is 6.09. The Morgan fingerprint density at radius 2 is 2.21 bits per heavy atom. The van der Waals surface area contributed by atoms with Crippen LogP contribution in [-0.2, 0) is 12.8 Å². The fourth-order valence-electron chi connectivity index (χ4n) is 2.72. The SMILES string of the molecule is CC(N)Cc1noc(CC2CCCN(C(C)C)C2)n1. The predicted molar refractivity (Wildman–Crippen MR) is 74.8 cm³/mol. The highest BCUT2D eigenvalue weighted by molar-refractivity contribution is 4.91. The first-order valence-electron chi connectivity index (χ1n) is 7.35. The Labute approximate surface area is 115 Å². The maximum absolute atomic E-state index is 5.74. The predicted octanol–water partition coefficient (Wildman–Crippen LogP) is 1.62. The lowest BCUT2D eigenvalue weighted by Crippen LogP contribution is -2.40. The summed E-state index contributed by atoms with van der Waals surface area (Å²) in [4.78, 5) is 6.97. The summed E-state index contributed by atoms with van der Waals surface area (Å²) in [5, 5.41) is 4.00. The van der Waals surface area contributed by atoms with E-state index in [0.717, 1.165) is 24.7 Å². The molecule has 1 aliphatic rings. The first kappa shape index (κ1) is 14.5. The highest BCUT2D eigenvalue weighted by Crippen LogP contribution is 2.21. The fraction of sp³-hybridized carbons (Fsp3) is 0.857. The van der Waals surface area contributed by atoms with E-state index in [2.05, 4.69) is 28.9 Å². The molecule has 0 aliphatic carbocycles. The highest BCUT2D eigenvalue weighted by atomic mass is 16.5. The molecule has 1 aromatic heterocycles. The van der Waals surface area contributed by atoms with E-state index in [1.54, 1.807) is 0 Å². The van der Waals surface area contributed by atoms with E-state index < -0.39 is 0 Å². The Morgan fingerprint density at radius 3 is 2.89 bits per heavy atom. The van der Waals surface area contributed by atoms with E-state index >= 15 is 0 Å². The van der Waals surface area contributed by atoms with Crippen molar-refractivity contribution in [2.75, 3.05) is 13.1 Å². The molecule has 1 aromatic rings.